The molecule has 0 aromatic rings. The van der Waals surface area contributed by atoms with Crippen molar-refractivity contribution in [2.75, 3.05) is 68.1 Å². The highest BCUT2D eigenvalue weighted by Crippen LogP contribution is 2.12. The molecule has 28 heavy (non-hydrogen) atoms. The van der Waals surface area contributed by atoms with Crippen LogP contribution in [0.2, 0.25) is 0 Å². The smallest absolute Gasteiger partial charge is 0.126 e. The van der Waals surface area contributed by atoms with E-state index in [1.54, 1.807) is 0 Å². The zero-order chi connectivity index (χ0) is 21.5. The van der Waals surface area contributed by atoms with E-state index < -0.39 is 12.2 Å². The lowest BCUT2D eigenvalue weighted by atomic mass is 10.1. The summed E-state index contributed by atoms with van der Waals surface area (Å²) in [6.07, 6.45) is 12.6. The molecule has 0 aromatic heterocycles. The maximum Gasteiger partial charge on any atom is 0.126 e. The summed E-state index contributed by atoms with van der Waals surface area (Å²) in [6, 6.07) is 0. The second-order valence-corrected chi connectivity index (χ2v) is 10.3. The molecule has 2 unspecified atom stereocenters. The number of ether oxygens (including phenoxy) is 1. The minimum atomic E-state index is -0.485. The number of unbranched alkanes of at least 4 members (excludes halogenated alkanes) is 9. The molecular formula is C23H52N2O3+2. The van der Waals surface area contributed by atoms with Crippen molar-refractivity contribution in [1.29, 1.82) is 0 Å². The largest absolute Gasteiger partial charge is 0.385 e. The SMILES string of the molecule is CCCCCCCCCCCC[N+](C)(C)CC(O)COCC(O)C[N+](C)(C)C. The molecule has 2 N–H and O–H groups in total. The number of likely N-dealkylation sites (N-methyl/N-ethyl adjacent to an activating group) is 2. The molecule has 5 nitrogen and oxygen atoms in total. The minimum Gasteiger partial charge on any atom is -0.385 e. The number of quaternary nitrogens is 2. The summed E-state index contributed by atoms with van der Waals surface area (Å²) in [6.45, 7) is 5.30. The van der Waals surface area contributed by atoms with Crippen molar-refractivity contribution in [1.82, 2.24) is 0 Å². The van der Waals surface area contributed by atoms with Crippen molar-refractivity contribution in [3.05, 3.63) is 0 Å². The number of nitrogens with zero attached hydrogens (tertiary/aromatic N) is 2. The minimum absolute atomic E-state index is 0.290. The van der Waals surface area contributed by atoms with Gasteiger partial charge < -0.3 is 23.9 Å². The van der Waals surface area contributed by atoms with Crippen molar-refractivity contribution in [3.8, 4) is 0 Å². The molecule has 0 bridgehead atoms. The molecule has 0 saturated carbocycles. The van der Waals surface area contributed by atoms with E-state index in [4.69, 9.17) is 4.74 Å². The first-order valence-corrected chi connectivity index (χ1v) is 11.6. The molecule has 0 aliphatic carbocycles. The van der Waals surface area contributed by atoms with Crippen LogP contribution >= 0.6 is 0 Å². The van der Waals surface area contributed by atoms with Crippen LogP contribution < -0.4 is 0 Å². The quantitative estimate of drug-likeness (QED) is 0.256. The lowest BCUT2D eigenvalue weighted by Gasteiger charge is -2.32. The fourth-order valence-corrected chi connectivity index (χ4v) is 3.77. The summed E-state index contributed by atoms with van der Waals surface area (Å²) in [5.41, 5.74) is 0. The van der Waals surface area contributed by atoms with E-state index in [0.29, 0.717) is 30.8 Å². The van der Waals surface area contributed by atoms with Crippen LogP contribution in [0.5, 0.6) is 0 Å². The number of aliphatic hydroxyl groups is 2. The van der Waals surface area contributed by atoms with Crippen molar-refractivity contribution in [3.63, 3.8) is 0 Å². The normalized spacial score (nSPS) is 15.0. The van der Waals surface area contributed by atoms with E-state index in [0.717, 1.165) is 11.0 Å². The van der Waals surface area contributed by atoms with Gasteiger partial charge in [-0.1, -0.05) is 58.3 Å². The summed E-state index contributed by atoms with van der Waals surface area (Å²) >= 11 is 0. The molecule has 170 valence electrons. The van der Waals surface area contributed by atoms with Crippen molar-refractivity contribution in [2.24, 2.45) is 0 Å². The molecule has 0 fully saturated rings. The van der Waals surface area contributed by atoms with Crippen molar-refractivity contribution >= 4 is 0 Å². The predicted octanol–water partition coefficient (Wildman–Crippen LogP) is 3.43. The number of aliphatic hydroxyl groups excluding tert-OH is 2. The third-order valence-corrected chi connectivity index (χ3v) is 5.20. The van der Waals surface area contributed by atoms with Gasteiger partial charge in [-0.25, -0.2) is 0 Å². The molecule has 0 aliphatic rings. The Balaban J connectivity index is 3.69. The zero-order valence-corrected chi connectivity index (χ0v) is 20.0. The van der Waals surface area contributed by atoms with E-state index >= 15 is 0 Å². The first kappa shape index (κ1) is 27.8. The average Bonchev–Trinajstić information content (AvgIpc) is 2.54. The van der Waals surface area contributed by atoms with Gasteiger partial charge in [0.25, 0.3) is 0 Å². The fraction of sp³-hybridized carbons (Fsp3) is 1.00. The van der Waals surface area contributed by atoms with Gasteiger partial charge in [0.15, 0.2) is 0 Å². The first-order chi connectivity index (χ1) is 13.1. The molecule has 0 amide bonds. The van der Waals surface area contributed by atoms with Crippen LogP contribution in [0, 0.1) is 0 Å². The molecule has 0 saturated heterocycles. The average molecular weight is 405 g/mol. The summed E-state index contributed by atoms with van der Waals surface area (Å²) in [7, 11) is 10.5. The lowest BCUT2D eigenvalue weighted by Crippen LogP contribution is -2.47. The Labute approximate surface area is 175 Å². The van der Waals surface area contributed by atoms with Gasteiger partial charge in [-0.2, -0.15) is 0 Å². The summed E-state index contributed by atoms with van der Waals surface area (Å²) < 4.78 is 7.06. The molecule has 0 spiro atoms. The van der Waals surface area contributed by atoms with E-state index in [9.17, 15) is 10.2 Å². The van der Waals surface area contributed by atoms with Gasteiger partial charge in [-0.15, -0.1) is 0 Å². The van der Waals surface area contributed by atoms with Crippen LogP contribution in [0.4, 0.5) is 0 Å². The van der Waals surface area contributed by atoms with Crippen LogP contribution in [-0.2, 0) is 4.74 Å². The molecule has 0 rings (SSSR count). The molecule has 0 radical (unpaired) electrons. The van der Waals surface area contributed by atoms with E-state index in [-0.39, 0.29) is 0 Å². The van der Waals surface area contributed by atoms with Gasteiger partial charge in [0.1, 0.15) is 25.3 Å². The highest BCUT2D eigenvalue weighted by atomic mass is 16.5. The predicted molar refractivity (Wildman–Crippen MR) is 119 cm³/mol. The van der Waals surface area contributed by atoms with Gasteiger partial charge in [0.05, 0.1) is 55.0 Å². The highest BCUT2D eigenvalue weighted by molar-refractivity contribution is 4.56. The number of rotatable bonds is 19. The van der Waals surface area contributed by atoms with Crippen LogP contribution in [0.1, 0.15) is 71.1 Å². The van der Waals surface area contributed by atoms with Crippen LogP contribution in [0.25, 0.3) is 0 Å². The molecule has 5 heteroatoms. The fourth-order valence-electron chi connectivity index (χ4n) is 3.77. The Bertz CT molecular complexity index is 356. The van der Waals surface area contributed by atoms with Crippen molar-refractivity contribution in [2.45, 2.75) is 83.3 Å². The summed E-state index contributed by atoms with van der Waals surface area (Å²) in [5.74, 6) is 0. The van der Waals surface area contributed by atoms with Crippen LogP contribution in [-0.4, -0.2) is 99.5 Å². The third kappa shape index (κ3) is 19.1. The molecular weight excluding hydrogens is 352 g/mol. The van der Waals surface area contributed by atoms with Gasteiger partial charge in [0, 0.05) is 0 Å². The molecule has 0 aromatic carbocycles. The Morgan fingerprint density at radius 2 is 1.07 bits per heavy atom. The topological polar surface area (TPSA) is 49.7 Å². The second-order valence-electron chi connectivity index (χ2n) is 10.3. The maximum absolute atomic E-state index is 10.3. The third-order valence-electron chi connectivity index (χ3n) is 5.20. The van der Waals surface area contributed by atoms with Gasteiger partial charge in [0.2, 0.25) is 0 Å². The van der Waals surface area contributed by atoms with Gasteiger partial charge in [-0.05, 0) is 12.8 Å². The standard InChI is InChI=1S/C23H52N2O3/c1-7-8-9-10-11-12-13-14-15-16-17-25(5,6)19-23(27)21-28-20-22(26)18-24(2,3)4/h22-23,26-27H,7-21H2,1-6H3/q+2. The Morgan fingerprint density at radius 3 is 1.54 bits per heavy atom. The Hall–Kier alpha value is -0.200. The van der Waals surface area contributed by atoms with Gasteiger partial charge in [-0.3, -0.25) is 0 Å². The summed E-state index contributed by atoms with van der Waals surface area (Å²) in [5, 5.41) is 20.2. The molecule has 2 atom stereocenters. The molecule has 0 aliphatic heterocycles. The zero-order valence-electron chi connectivity index (χ0n) is 20.0. The number of hydrogen-bond acceptors (Lipinski definition) is 3. The maximum atomic E-state index is 10.3. The van der Waals surface area contributed by atoms with Crippen LogP contribution in [0.15, 0.2) is 0 Å². The Morgan fingerprint density at radius 1 is 0.643 bits per heavy atom. The highest BCUT2D eigenvalue weighted by Gasteiger charge is 2.21. The number of hydrogen-bond donors (Lipinski definition) is 2. The van der Waals surface area contributed by atoms with E-state index in [1.165, 1.54) is 64.2 Å². The first-order valence-electron chi connectivity index (χ1n) is 11.6. The van der Waals surface area contributed by atoms with E-state index in [1.807, 2.05) is 21.1 Å². The monoisotopic (exact) mass is 404 g/mol. The van der Waals surface area contributed by atoms with E-state index in [2.05, 4.69) is 21.0 Å². The van der Waals surface area contributed by atoms with Gasteiger partial charge >= 0.3 is 0 Å². The Kier molecular flexibility index (Phi) is 15.5. The summed E-state index contributed by atoms with van der Waals surface area (Å²) in [4.78, 5) is 0. The lowest BCUT2D eigenvalue weighted by molar-refractivity contribution is -0.893. The van der Waals surface area contributed by atoms with Crippen molar-refractivity contribution < 1.29 is 23.9 Å². The second kappa shape index (κ2) is 15.6. The van der Waals surface area contributed by atoms with Crippen LogP contribution in [0.3, 0.4) is 0 Å². The molecule has 0 heterocycles.